The summed E-state index contributed by atoms with van der Waals surface area (Å²) in [6.07, 6.45) is 4.73. The van der Waals surface area contributed by atoms with Crippen LogP contribution >= 0.6 is 23.2 Å². The molecule has 0 aromatic heterocycles. The minimum atomic E-state index is -3.72. The highest BCUT2D eigenvalue weighted by atomic mass is 35.5. The van der Waals surface area contributed by atoms with E-state index in [9.17, 15) is 13.2 Å². The van der Waals surface area contributed by atoms with Crippen molar-refractivity contribution in [1.29, 1.82) is 0 Å². The third kappa shape index (κ3) is 5.64. The smallest absolute Gasteiger partial charge is 0.244 e. The summed E-state index contributed by atoms with van der Waals surface area (Å²) in [6.45, 7) is 5.44. The van der Waals surface area contributed by atoms with Crippen molar-refractivity contribution < 1.29 is 13.2 Å². The molecule has 29 heavy (non-hydrogen) atoms. The Balaban J connectivity index is 1.49. The summed E-state index contributed by atoms with van der Waals surface area (Å²) in [6, 6.07) is 5.00. The fraction of sp³-hybridized carbons (Fsp3) is 0.650. The van der Waals surface area contributed by atoms with Gasteiger partial charge in [0.1, 0.15) is 4.90 Å². The molecule has 2 heterocycles. The number of hydrogen-bond acceptors (Lipinski definition) is 4. The molecule has 0 bridgehead atoms. The second kappa shape index (κ2) is 9.96. The molecule has 1 atom stereocenters. The average molecular weight is 462 g/mol. The topological polar surface area (TPSA) is 69.7 Å². The van der Waals surface area contributed by atoms with Gasteiger partial charge in [0.2, 0.25) is 15.9 Å². The highest BCUT2D eigenvalue weighted by Crippen LogP contribution is 2.30. The van der Waals surface area contributed by atoms with Crippen LogP contribution in [-0.4, -0.2) is 62.3 Å². The van der Waals surface area contributed by atoms with Crippen molar-refractivity contribution in [1.82, 2.24) is 14.5 Å². The van der Waals surface area contributed by atoms with Crippen molar-refractivity contribution in [2.24, 2.45) is 5.92 Å². The summed E-state index contributed by atoms with van der Waals surface area (Å²) in [4.78, 5) is 15.0. The fourth-order valence-corrected chi connectivity index (χ4v) is 6.34. The van der Waals surface area contributed by atoms with Gasteiger partial charge >= 0.3 is 0 Å². The Hall–Kier alpha value is -0.860. The molecular weight excluding hydrogens is 433 g/mol. The predicted molar refractivity (Wildman–Crippen MR) is 116 cm³/mol. The third-order valence-electron chi connectivity index (χ3n) is 5.97. The SMILES string of the molecule is C[C@H]1CCCCN1CCNC(=O)C1CCN(S(=O)(=O)c2cc(Cl)ccc2Cl)CC1. The molecule has 6 nitrogen and oxygen atoms in total. The lowest BCUT2D eigenvalue weighted by atomic mass is 9.97. The summed E-state index contributed by atoms with van der Waals surface area (Å²) in [5, 5.41) is 3.51. The highest BCUT2D eigenvalue weighted by molar-refractivity contribution is 7.89. The number of piperidine rings is 2. The number of halogens is 2. The maximum atomic E-state index is 12.9. The first-order valence-corrected chi connectivity index (χ1v) is 12.5. The molecule has 1 aromatic rings. The molecule has 2 saturated heterocycles. The third-order valence-corrected chi connectivity index (χ3v) is 8.59. The number of carbonyl (C=O) groups is 1. The van der Waals surface area contributed by atoms with Gasteiger partial charge in [-0.1, -0.05) is 29.6 Å². The van der Waals surface area contributed by atoms with E-state index in [4.69, 9.17) is 23.2 Å². The summed E-state index contributed by atoms with van der Waals surface area (Å²) < 4.78 is 27.2. The van der Waals surface area contributed by atoms with Crippen LogP contribution < -0.4 is 5.32 Å². The molecule has 0 spiro atoms. The first kappa shape index (κ1) is 22.8. The number of benzene rings is 1. The highest BCUT2D eigenvalue weighted by Gasteiger charge is 2.33. The standard InChI is InChI=1S/C20H29Cl2N3O3S/c1-15-4-2-3-10-24(15)13-9-23-20(26)16-7-11-25(12-8-16)29(27,28)19-14-17(21)5-6-18(19)22/h5-6,14-16H,2-4,7-13H2,1H3,(H,23,26)/t15-/m0/s1. The number of hydrogen-bond donors (Lipinski definition) is 1. The Kier molecular flexibility index (Phi) is 7.84. The van der Waals surface area contributed by atoms with Crippen LogP contribution in [0.15, 0.2) is 23.1 Å². The van der Waals surface area contributed by atoms with Gasteiger partial charge in [-0.15, -0.1) is 0 Å². The van der Waals surface area contributed by atoms with Crippen LogP contribution in [0, 0.1) is 5.92 Å². The second-order valence-electron chi connectivity index (χ2n) is 7.92. The molecule has 1 aromatic carbocycles. The van der Waals surface area contributed by atoms with Crippen molar-refractivity contribution in [3.8, 4) is 0 Å². The van der Waals surface area contributed by atoms with Crippen LogP contribution in [0.4, 0.5) is 0 Å². The normalized spacial score (nSPS) is 22.5. The zero-order valence-electron chi connectivity index (χ0n) is 16.7. The van der Waals surface area contributed by atoms with Crippen LogP contribution in [0.3, 0.4) is 0 Å². The van der Waals surface area contributed by atoms with Crippen molar-refractivity contribution >= 4 is 39.1 Å². The molecule has 162 valence electrons. The van der Waals surface area contributed by atoms with E-state index >= 15 is 0 Å². The monoisotopic (exact) mass is 461 g/mol. The molecule has 2 aliphatic heterocycles. The number of nitrogens with one attached hydrogen (secondary N) is 1. The number of nitrogens with zero attached hydrogens (tertiary/aromatic N) is 2. The minimum absolute atomic E-state index is 0.0187. The molecule has 9 heteroatoms. The summed E-state index contributed by atoms with van der Waals surface area (Å²) in [5.41, 5.74) is 0. The maximum Gasteiger partial charge on any atom is 0.244 e. The first-order valence-electron chi connectivity index (χ1n) is 10.3. The average Bonchev–Trinajstić information content (AvgIpc) is 2.71. The van der Waals surface area contributed by atoms with E-state index in [1.165, 1.54) is 35.7 Å². The van der Waals surface area contributed by atoms with Gasteiger partial charge in [-0.2, -0.15) is 4.31 Å². The van der Waals surface area contributed by atoms with Gasteiger partial charge in [-0.3, -0.25) is 9.69 Å². The van der Waals surface area contributed by atoms with Crippen LogP contribution in [0.5, 0.6) is 0 Å². The lowest BCUT2D eigenvalue weighted by Gasteiger charge is -2.34. The lowest BCUT2D eigenvalue weighted by Crippen LogP contribution is -2.46. The molecule has 2 fully saturated rings. The number of amides is 1. The first-order chi connectivity index (χ1) is 13.8. The molecule has 3 rings (SSSR count). The molecule has 0 radical (unpaired) electrons. The van der Waals surface area contributed by atoms with E-state index in [0.717, 1.165) is 13.1 Å². The van der Waals surface area contributed by atoms with E-state index < -0.39 is 10.0 Å². The van der Waals surface area contributed by atoms with Crippen LogP contribution in [-0.2, 0) is 14.8 Å². The van der Waals surface area contributed by atoms with Gasteiger partial charge < -0.3 is 5.32 Å². The number of likely N-dealkylation sites (tertiary alicyclic amines) is 1. The molecule has 1 N–H and O–H groups in total. The van der Waals surface area contributed by atoms with Crippen molar-refractivity contribution in [2.45, 2.75) is 50.0 Å². The van der Waals surface area contributed by atoms with E-state index in [1.54, 1.807) is 6.07 Å². The predicted octanol–water partition coefficient (Wildman–Crippen LogP) is 3.38. The molecule has 0 aliphatic carbocycles. The Labute approximate surface area is 183 Å². The summed E-state index contributed by atoms with van der Waals surface area (Å²) in [5.74, 6) is -0.137. The van der Waals surface area contributed by atoms with Crippen LogP contribution in [0.2, 0.25) is 10.0 Å². The Morgan fingerprint density at radius 3 is 2.55 bits per heavy atom. The van der Waals surface area contributed by atoms with E-state index in [1.807, 2.05) is 0 Å². The van der Waals surface area contributed by atoms with Gasteiger partial charge in [0, 0.05) is 43.2 Å². The van der Waals surface area contributed by atoms with Gasteiger partial charge in [-0.25, -0.2) is 8.42 Å². The quantitative estimate of drug-likeness (QED) is 0.704. The largest absolute Gasteiger partial charge is 0.355 e. The van der Waals surface area contributed by atoms with Crippen LogP contribution in [0.1, 0.15) is 39.0 Å². The van der Waals surface area contributed by atoms with E-state index in [-0.39, 0.29) is 21.7 Å². The van der Waals surface area contributed by atoms with E-state index in [2.05, 4.69) is 17.1 Å². The Bertz CT molecular complexity index is 826. The zero-order chi connectivity index (χ0) is 21.0. The molecule has 0 saturated carbocycles. The fourth-order valence-electron chi connectivity index (χ4n) is 4.13. The maximum absolute atomic E-state index is 12.9. The Morgan fingerprint density at radius 1 is 1.14 bits per heavy atom. The van der Waals surface area contributed by atoms with Crippen molar-refractivity contribution in [3.63, 3.8) is 0 Å². The van der Waals surface area contributed by atoms with Gasteiger partial charge in [0.25, 0.3) is 0 Å². The zero-order valence-corrected chi connectivity index (χ0v) is 19.1. The van der Waals surface area contributed by atoms with Gasteiger partial charge in [-0.05, 0) is 57.4 Å². The minimum Gasteiger partial charge on any atom is -0.355 e. The van der Waals surface area contributed by atoms with E-state index in [0.29, 0.717) is 43.5 Å². The number of rotatable bonds is 6. The molecular formula is C20H29Cl2N3O3S. The second-order valence-corrected chi connectivity index (χ2v) is 10.7. The van der Waals surface area contributed by atoms with Crippen LogP contribution in [0.25, 0.3) is 0 Å². The molecule has 2 aliphatic rings. The van der Waals surface area contributed by atoms with Crippen molar-refractivity contribution in [3.05, 3.63) is 28.2 Å². The Morgan fingerprint density at radius 2 is 1.86 bits per heavy atom. The summed E-state index contributed by atoms with van der Waals surface area (Å²) in [7, 11) is -3.72. The lowest BCUT2D eigenvalue weighted by molar-refractivity contribution is -0.126. The van der Waals surface area contributed by atoms with Gasteiger partial charge in [0.05, 0.1) is 5.02 Å². The molecule has 1 amide bonds. The summed E-state index contributed by atoms with van der Waals surface area (Å²) >= 11 is 12.0. The van der Waals surface area contributed by atoms with Gasteiger partial charge in [0.15, 0.2) is 0 Å². The number of sulfonamides is 1. The number of carbonyl (C=O) groups excluding carboxylic acids is 1. The molecule has 0 unspecified atom stereocenters. The van der Waals surface area contributed by atoms with Crippen molar-refractivity contribution in [2.75, 3.05) is 32.7 Å².